The molecule has 17 heavy (non-hydrogen) atoms. The van der Waals surface area contributed by atoms with Crippen molar-refractivity contribution in [3.05, 3.63) is 41.7 Å². The van der Waals surface area contributed by atoms with E-state index < -0.39 is 0 Å². The Kier molecular flexibility index (Phi) is 3.77. The smallest absolute Gasteiger partial charge is 0.135 e. The van der Waals surface area contributed by atoms with E-state index in [4.69, 9.17) is 11.6 Å². The van der Waals surface area contributed by atoms with Gasteiger partial charge in [0, 0.05) is 12.6 Å². The van der Waals surface area contributed by atoms with Crippen LogP contribution in [0.25, 0.3) is 0 Å². The molecule has 5 heteroatoms. The molecule has 2 rings (SSSR count). The highest BCUT2D eigenvalue weighted by molar-refractivity contribution is 6.33. The van der Waals surface area contributed by atoms with Crippen LogP contribution in [0.2, 0.25) is 5.02 Å². The maximum atomic E-state index is 6.05. The van der Waals surface area contributed by atoms with Gasteiger partial charge in [0.25, 0.3) is 0 Å². The highest BCUT2D eigenvalue weighted by Crippen LogP contribution is 2.24. The lowest BCUT2D eigenvalue weighted by Gasteiger charge is -2.08. The standard InChI is InChI=1S/C12H13ClN4/c1-2-14-11-7-12(16-8-15-11)17-10-6-4-3-5-9(10)13/h3-8H,2H2,1H3,(H2,14,15,16,17). The van der Waals surface area contributed by atoms with Crippen molar-refractivity contribution in [1.82, 2.24) is 9.97 Å². The highest BCUT2D eigenvalue weighted by Gasteiger charge is 2.01. The maximum absolute atomic E-state index is 6.05. The summed E-state index contributed by atoms with van der Waals surface area (Å²) in [6.07, 6.45) is 1.51. The van der Waals surface area contributed by atoms with Crippen molar-refractivity contribution in [2.24, 2.45) is 0 Å². The summed E-state index contributed by atoms with van der Waals surface area (Å²) < 4.78 is 0. The third-order valence-corrected chi connectivity index (χ3v) is 2.49. The summed E-state index contributed by atoms with van der Waals surface area (Å²) in [5.74, 6) is 1.50. The zero-order valence-corrected chi connectivity index (χ0v) is 10.2. The third kappa shape index (κ3) is 3.07. The number of hydrogen-bond donors (Lipinski definition) is 2. The second-order valence-corrected chi connectivity index (χ2v) is 3.83. The zero-order chi connectivity index (χ0) is 12.1. The van der Waals surface area contributed by atoms with E-state index in [1.54, 1.807) is 0 Å². The minimum atomic E-state index is 0.663. The fraction of sp³-hybridized carbons (Fsp3) is 0.167. The molecule has 0 bridgehead atoms. The molecule has 0 radical (unpaired) electrons. The van der Waals surface area contributed by atoms with Crippen molar-refractivity contribution in [3.8, 4) is 0 Å². The van der Waals surface area contributed by atoms with E-state index in [0.29, 0.717) is 10.8 Å². The molecule has 0 aliphatic heterocycles. The largest absolute Gasteiger partial charge is 0.370 e. The predicted octanol–water partition coefficient (Wildman–Crippen LogP) is 3.31. The predicted molar refractivity (Wildman–Crippen MR) is 70.9 cm³/mol. The molecule has 0 amide bonds. The van der Waals surface area contributed by atoms with E-state index in [-0.39, 0.29) is 0 Å². The second kappa shape index (κ2) is 5.50. The molecule has 1 aromatic carbocycles. The van der Waals surface area contributed by atoms with E-state index in [0.717, 1.165) is 18.1 Å². The molecule has 0 saturated heterocycles. The summed E-state index contributed by atoms with van der Waals surface area (Å²) in [5.41, 5.74) is 0.829. The SMILES string of the molecule is CCNc1cc(Nc2ccccc2Cl)ncn1. The minimum Gasteiger partial charge on any atom is -0.370 e. The van der Waals surface area contributed by atoms with Crippen LogP contribution in [0, 0.1) is 0 Å². The van der Waals surface area contributed by atoms with Crippen LogP contribution in [-0.4, -0.2) is 16.5 Å². The first-order valence-corrected chi connectivity index (χ1v) is 5.75. The molecule has 0 aliphatic carbocycles. The van der Waals surface area contributed by atoms with Crippen molar-refractivity contribution in [2.75, 3.05) is 17.2 Å². The number of aromatic nitrogens is 2. The molecule has 0 atom stereocenters. The Bertz CT molecular complexity index is 501. The number of benzene rings is 1. The number of nitrogens with one attached hydrogen (secondary N) is 2. The molecule has 4 nitrogen and oxygen atoms in total. The summed E-state index contributed by atoms with van der Waals surface area (Å²) in [6.45, 7) is 2.84. The first-order chi connectivity index (χ1) is 8.29. The fourth-order valence-corrected chi connectivity index (χ4v) is 1.59. The first kappa shape index (κ1) is 11.7. The van der Waals surface area contributed by atoms with Gasteiger partial charge < -0.3 is 10.6 Å². The lowest BCUT2D eigenvalue weighted by molar-refractivity contribution is 1.11. The molecule has 0 saturated carbocycles. The van der Waals surface area contributed by atoms with Crippen LogP contribution in [0.15, 0.2) is 36.7 Å². The Balaban J connectivity index is 2.18. The molecule has 1 aromatic heterocycles. The van der Waals surface area contributed by atoms with E-state index >= 15 is 0 Å². The van der Waals surface area contributed by atoms with Gasteiger partial charge in [0.15, 0.2) is 0 Å². The van der Waals surface area contributed by atoms with Gasteiger partial charge in [0.2, 0.25) is 0 Å². The van der Waals surface area contributed by atoms with Crippen LogP contribution in [0.5, 0.6) is 0 Å². The average molecular weight is 249 g/mol. The third-order valence-electron chi connectivity index (χ3n) is 2.16. The number of anilines is 3. The summed E-state index contributed by atoms with van der Waals surface area (Å²) >= 11 is 6.05. The van der Waals surface area contributed by atoms with Crippen LogP contribution >= 0.6 is 11.6 Å². The van der Waals surface area contributed by atoms with Crippen LogP contribution in [0.3, 0.4) is 0 Å². The number of halogens is 1. The summed E-state index contributed by atoms with van der Waals surface area (Å²) in [4.78, 5) is 8.24. The molecule has 1 heterocycles. The van der Waals surface area contributed by atoms with Gasteiger partial charge in [0.1, 0.15) is 18.0 Å². The van der Waals surface area contributed by atoms with Gasteiger partial charge in [-0.2, -0.15) is 0 Å². The summed E-state index contributed by atoms with van der Waals surface area (Å²) in [5, 5.41) is 6.94. The number of rotatable bonds is 4. The van der Waals surface area contributed by atoms with Crippen molar-refractivity contribution in [2.45, 2.75) is 6.92 Å². The van der Waals surface area contributed by atoms with Crippen molar-refractivity contribution in [1.29, 1.82) is 0 Å². The van der Waals surface area contributed by atoms with E-state index in [2.05, 4.69) is 20.6 Å². The maximum Gasteiger partial charge on any atom is 0.135 e. The van der Waals surface area contributed by atoms with Gasteiger partial charge in [-0.05, 0) is 19.1 Å². The molecular weight excluding hydrogens is 236 g/mol. The Morgan fingerprint density at radius 3 is 2.71 bits per heavy atom. The zero-order valence-electron chi connectivity index (χ0n) is 9.44. The fourth-order valence-electron chi connectivity index (χ4n) is 1.40. The minimum absolute atomic E-state index is 0.663. The summed E-state index contributed by atoms with van der Waals surface area (Å²) in [7, 11) is 0. The average Bonchev–Trinajstić information content (AvgIpc) is 2.33. The summed E-state index contributed by atoms with van der Waals surface area (Å²) in [6, 6.07) is 9.37. The van der Waals surface area contributed by atoms with E-state index in [1.165, 1.54) is 6.33 Å². The van der Waals surface area contributed by atoms with Crippen LogP contribution < -0.4 is 10.6 Å². The Morgan fingerprint density at radius 1 is 1.18 bits per heavy atom. The molecule has 0 fully saturated rings. The van der Waals surface area contributed by atoms with Crippen molar-refractivity contribution >= 4 is 28.9 Å². The van der Waals surface area contributed by atoms with Crippen molar-refractivity contribution in [3.63, 3.8) is 0 Å². The molecule has 2 aromatic rings. The van der Waals surface area contributed by atoms with E-state index in [1.807, 2.05) is 37.3 Å². The molecule has 2 N–H and O–H groups in total. The van der Waals surface area contributed by atoms with Crippen LogP contribution in [0.1, 0.15) is 6.92 Å². The monoisotopic (exact) mass is 248 g/mol. The van der Waals surface area contributed by atoms with Gasteiger partial charge >= 0.3 is 0 Å². The Morgan fingerprint density at radius 2 is 1.94 bits per heavy atom. The molecule has 88 valence electrons. The van der Waals surface area contributed by atoms with Gasteiger partial charge in [0.05, 0.1) is 10.7 Å². The Labute approximate surface area is 105 Å². The quantitative estimate of drug-likeness (QED) is 0.872. The molecule has 0 spiro atoms. The first-order valence-electron chi connectivity index (χ1n) is 5.37. The normalized spacial score (nSPS) is 10.0. The van der Waals surface area contributed by atoms with Crippen molar-refractivity contribution < 1.29 is 0 Å². The number of hydrogen-bond acceptors (Lipinski definition) is 4. The van der Waals surface area contributed by atoms with Crippen LogP contribution in [0.4, 0.5) is 17.3 Å². The second-order valence-electron chi connectivity index (χ2n) is 3.42. The van der Waals surface area contributed by atoms with Gasteiger partial charge in [-0.25, -0.2) is 9.97 Å². The van der Waals surface area contributed by atoms with Gasteiger partial charge in [-0.3, -0.25) is 0 Å². The molecule has 0 unspecified atom stereocenters. The van der Waals surface area contributed by atoms with Crippen LogP contribution in [-0.2, 0) is 0 Å². The number of nitrogens with zero attached hydrogens (tertiary/aromatic N) is 2. The van der Waals surface area contributed by atoms with Gasteiger partial charge in [-0.15, -0.1) is 0 Å². The lowest BCUT2D eigenvalue weighted by Crippen LogP contribution is -2.01. The topological polar surface area (TPSA) is 49.8 Å². The van der Waals surface area contributed by atoms with E-state index in [9.17, 15) is 0 Å². The molecule has 0 aliphatic rings. The Hall–Kier alpha value is -1.81. The van der Waals surface area contributed by atoms with Gasteiger partial charge in [-0.1, -0.05) is 23.7 Å². The lowest BCUT2D eigenvalue weighted by atomic mass is 10.3. The molecular formula is C12H13ClN4. The highest BCUT2D eigenvalue weighted by atomic mass is 35.5. The number of para-hydroxylation sites is 1.